The molecule has 0 fully saturated rings. The normalized spacial score (nSPS) is 10.4. The molecule has 0 aliphatic carbocycles. The van der Waals surface area contributed by atoms with Crippen molar-refractivity contribution in [3.8, 4) is 0 Å². The predicted molar refractivity (Wildman–Crippen MR) is 72.4 cm³/mol. The van der Waals surface area contributed by atoms with Crippen LogP contribution in [0, 0.1) is 0 Å². The number of Topliss-reactive ketones (excluding diaryl/α,β-unsaturated/α-hetero) is 1. The van der Waals surface area contributed by atoms with Crippen molar-refractivity contribution in [2.45, 2.75) is 52.4 Å². The van der Waals surface area contributed by atoms with E-state index < -0.39 is 5.97 Å². The second kappa shape index (κ2) is 8.51. The van der Waals surface area contributed by atoms with E-state index in [9.17, 15) is 9.59 Å². The van der Waals surface area contributed by atoms with E-state index in [0.717, 1.165) is 12.8 Å². The molecule has 0 saturated heterocycles. The highest BCUT2D eigenvalue weighted by Gasteiger charge is 2.14. The predicted octanol–water partition coefficient (Wildman–Crippen LogP) is 4.00. The Morgan fingerprint density at radius 3 is 2.32 bits per heavy atom. The first-order valence-corrected chi connectivity index (χ1v) is 6.93. The monoisotopic (exact) mass is 266 g/mol. The Labute approximate surface area is 114 Å². The fourth-order valence-electron chi connectivity index (χ4n) is 1.76. The van der Waals surface area contributed by atoms with Crippen molar-refractivity contribution in [2.75, 3.05) is 6.61 Å². The van der Waals surface area contributed by atoms with Gasteiger partial charge in [-0.15, -0.1) is 0 Å². The third-order valence-electron chi connectivity index (χ3n) is 2.89. The average molecular weight is 266 g/mol. The van der Waals surface area contributed by atoms with Gasteiger partial charge < -0.3 is 9.15 Å². The number of esters is 1. The van der Waals surface area contributed by atoms with E-state index in [0.29, 0.717) is 6.61 Å². The van der Waals surface area contributed by atoms with Gasteiger partial charge in [-0.1, -0.05) is 39.0 Å². The first kappa shape index (κ1) is 15.5. The molecule has 0 unspecified atom stereocenters. The summed E-state index contributed by atoms with van der Waals surface area (Å²) in [6, 6.07) is 2.96. The van der Waals surface area contributed by atoms with Crippen LogP contribution >= 0.6 is 0 Å². The lowest BCUT2D eigenvalue weighted by atomic mass is 10.1. The molecule has 0 amide bonds. The van der Waals surface area contributed by atoms with Gasteiger partial charge in [-0.25, -0.2) is 4.79 Å². The Hall–Kier alpha value is -1.58. The van der Waals surface area contributed by atoms with Gasteiger partial charge in [0.1, 0.15) is 0 Å². The van der Waals surface area contributed by atoms with Gasteiger partial charge in [-0.3, -0.25) is 4.79 Å². The third-order valence-corrected chi connectivity index (χ3v) is 2.89. The molecule has 0 aromatic carbocycles. The van der Waals surface area contributed by atoms with Crippen LogP contribution in [0.2, 0.25) is 0 Å². The number of hydrogen-bond acceptors (Lipinski definition) is 4. The third kappa shape index (κ3) is 5.73. The zero-order valence-electron chi connectivity index (χ0n) is 11.7. The first-order valence-electron chi connectivity index (χ1n) is 6.93. The van der Waals surface area contributed by atoms with E-state index in [1.807, 2.05) is 0 Å². The summed E-state index contributed by atoms with van der Waals surface area (Å²) in [5, 5.41) is 0. The fraction of sp³-hybridized carbons (Fsp3) is 0.600. The lowest BCUT2D eigenvalue weighted by molar-refractivity contribution is 0.0460. The van der Waals surface area contributed by atoms with Crippen molar-refractivity contribution in [1.29, 1.82) is 0 Å². The molecule has 106 valence electrons. The minimum atomic E-state index is -0.499. The topological polar surface area (TPSA) is 56.5 Å². The van der Waals surface area contributed by atoms with E-state index >= 15 is 0 Å². The van der Waals surface area contributed by atoms with Crippen molar-refractivity contribution >= 4 is 11.8 Å². The summed E-state index contributed by atoms with van der Waals surface area (Å²) >= 11 is 0. The molecule has 19 heavy (non-hydrogen) atoms. The summed E-state index contributed by atoms with van der Waals surface area (Å²) in [4.78, 5) is 22.6. The second-order valence-electron chi connectivity index (χ2n) is 4.62. The lowest BCUT2D eigenvalue weighted by Crippen LogP contribution is -2.05. The number of ether oxygens (including phenoxy) is 1. The number of unbranched alkanes of at least 4 members (excludes halogenated alkanes) is 5. The Morgan fingerprint density at radius 1 is 1.05 bits per heavy atom. The number of ketones is 1. The van der Waals surface area contributed by atoms with Gasteiger partial charge in [0.25, 0.3) is 0 Å². The van der Waals surface area contributed by atoms with Crippen molar-refractivity contribution in [1.82, 2.24) is 0 Å². The molecule has 0 N–H and O–H groups in total. The van der Waals surface area contributed by atoms with Crippen LogP contribution in [0.3, 0.4) is 0 Å². The molecule has 0 atom stereocenters. The van der Waals surface area contributed by atoms with Gasteiger partial charge in [0.15, 0.2) is 11.5 Å². The molecule has 0 aliphatic rings. The van der Waals surface area contributed by atoms with Crippen LogP contribution < -0.4 is 0 Å². The lowest BCUT2D eigenvalue weighted by Gasteiger charge is -2.02. The maximum absolute atomic E-state index is 11.6. The summed E-state index contributed by atoms with van der Waals surface area (Å²) < 4.78 is 10.2. The maximum Gasteiger partial charge on any atom is 0.374 e. The van der Waals surface area contributed by atoms with E-state index in [4.69, 9.17) is 9.15 Å². The van der Waals surface area contributed by atoms with E-state index in [-0.39, 0.29) is 17.3 Å². The van der Waals surface area contributed by atoms with Crippen LogP contribution in [-0.4, -0.2) is 18.4 Å². The summed E-state index contributed by atoms with van der Waals surface area (Å²) in [5.74, 6) is -0.418. The molecule has 1 aromatic heterocycles. The van der Waals surface area contributed by atoms with Gasteiger partial charge >= 0.3 is 5.97 Å². The second-order valence-corrected chi connectivity index (χ2v) is 4.62. The van der Waals surface area contributed by atoms with Crippen LogP contribution in [0.4, 0.5) is 0 Å². The molecule has 0 aliphatic heterocycles. The molecule has 4 heteroatoms. The molecule has 0 bridgehead atoms. The molecular weight excluding hydrogens is 244 g/mol. The Bertz CT molecular complexity index is 406. The van der Waals surface area contributed by atoms with Crippen molar-refractivity contribution in [3.05, 3.63) is 23.7 Å². The van der Waals surface area contributed by atoms with Crippen molar-refractivity contribution in [3.63, 3.8) is 0 Å². The van der Waals surface area contributed by atoms with Gasteiger partial charge in [-0.05, 0) is 18.6 Å². The molecule has 1 heterocycles. The number of carbonyl (C=O) groups excluding carboxylic acids is 2. The number of rotatable bonds is 9. The van der Waals surface area contributed by atoms with E-state index in [2.05, 4.69) is 6.92 Å². The number of furan rings is 1. The maximum atomic E-state index is 11.6. The largest absolute Gasteiger partial charge is 0.460 e. The molecular formula is C15H22O4. The highest BCUT2D eigenvalue weighted by molar-refractivity contribution is 5.93. The number of carbonyl (C=O) groups is 2. The minimum Gasteiger partial charge on any atom is -0.460 e. The summed E-state index contributed by atoms with van der Waals surface area (Å²) in [6.07, 6.45) is 6.86. The summed E-state index contributed by atoms with van der Waals surface area (Å²) in [7, 11) is 0. The average Bonchev–Trinajstić information content (AvgIpc) is 2.87. The molecule has 0 radical (unpaired) electrons. The minimum absolute atomic E-state index is 0.0937. The van der Waals surface area contributed by atoms with Crippen LogP contribution in [0.1, 0.15) is 73.5 Å². The Morgan fingerprint density at radius 2 is 1.68 bits per heavy atom. The summed E-state index contributed by atoms with van der Waals surface area (Å²) in [6.45, 7) is 3.98. The van der Waals surface area contributed by atoms with Crippen LogP contribution in [0.15, 0.2) is 16.5 Å². The van der Waals surface area contributed by atoms with Crippen molar-refractivity contribution < 1.29 is 18.7 Å². The van der Waals surface area contributed by atoms with Gasteiger partial charge in [0, 0.05) is 6.92 Å². The zero-order valence-corrected chi connectivity index (χ0v) is 11.7. The Balaban J connectivity index is 2.18. The fourth-order valence-corrected chi connectivity index (χ4v) is 1.76. The molecule has 0 saturated carbocycles. The quantitative estimate of drug-likeness (QED) is 0.385. The smallest absolute Gasteiger partial charge is 0.374 e. The van der Waals surface area contributed by atoms with E-state index in [1.54, 1.807) is 0 Å². The highest BCUT2D eigenvalue weighted by Crippen LogP contribution is 2.11. The van der Waals surface area contributed by atoms with Gasteiger partial charge in [-0.2, -0.15) is 0 Å². The molecule has 4 nitrogen and oxygen atoms in total. The Kier molecular flexibility index (Phi) is 6.93. The van der Waals surface area contributed by atoms with E-state index in [1.165, 1.54) is 44.7 Å². The standard InChI is InChI=1S/C15H22O4/c1-3-4-5-6-7-8-11-18-15(17)14-10-9-13(19-14)12(2)16/h9-10H,3-8,11H2,1-2H3. The van der Waals surface area contributed by atoms with Gasteiger partial charge in [0.05, 0.1) is 6.61 Å². The van der Waals surface area contributed by atoms with Gasteiger partial charge in [0.2, 0.25) is 5.76 Å². The van der Waals surface area contributed by atoms with Crippen LogP contribution in [0.25, 0.3) is 0 Å². The van der Waals surface area contributed by atoms with Crippen LogP contribution in [-0.2, 0) is 4.74 Å². The van der Waals surface area contributed by atoms with Crippen LogP contribution in [0.5, 0.6) is 0 Å². The molecule has 1 rings (SSSR count). The number of hydrogen-bond donors (Lipinski definition) is 0. The first-order chi connectivity index (χ1) is 9.15. The molecule has 1 aromatic rings. The zero-order chi connectivity index (χ0) is 14.1. The molecule has 0 spiro atoms. The summed E-state index contributed by atoms with van der Waals surface area (Å²) in [5.41, 5.74) is 0. The van der Waals surface area contributed by atoms with Crippen molar-refractivity contribution in [2.24, 2.45) is 0 Å². The highest BCUT2D eigenvalue weighted by atomic mass is 16.5. The SMILES string of the molecule is CCCCCCCCOC(=O)c1ccc(C(C)=O)o1.